The van der Waals surface area contributed by atoms with Crippen LogP contribution in [0.4, 0.5) is 0 Å². The van der Waals surface area contributed by atoms with Crippen molar-refractivity contribution < 1.29 is 0 Å². The van der Waals surface area contributed by atoms with Crippen LogP contribution < -0.4 is 5.73 Å². The molecule has 5 heteroatoms. The molecule has 0 saturated heterocycles. The van der Waals surface area contributed by atoms with E-state index < -0.39 is 0 Å². The average molecular weight is 256 g/mol. The van der Waals surface area contributed by atoms with Gasteiger partial charge in [0.05, 0.1) is 23.0 Å². The van der Waals surface area contributed by atoms with Gasteiger partial charge < -0.3 is 5.73 Å². The smallest absolute Gasteiger partial charge is 0.0837 e. The topological polar surface area (TPSA) is 43.8 Å². The van der Waals surface area contributed by atoms with E-state index >= 15 is 0 Å². The summed E-state index contributed by atoms with van der Waals surface area (Å²) >= 11 is 7.80. The van der Waals surface area contributed by atoms with E-state index in [1.165, 1.54) is 4.88 Å². The molecule has 2 rings (SSSR count). The highest BCUT2D eigenvalue weighted by molar-refractivity contribution is 7.12. The van der Waals surface area contributed by atoms with Gasteiger partial charge in [-0.15, -0.1) is 11.3 Å². The second-order valence-corrected chi connectivity index (χ2v) is 5.24. The van der Waals surface area contributed by atoms with E-state index in [1.54, 1.807) is 22.2 Å². The average Bonchev–Trinajstić information content (AvgIpc) is 2.85. The minimum atomic E-state index is -0.190. The second-order valence-electron chi connectivity index (χ2n) is 3.64. The zero-order chi connectivity index (χ0) is 11.7. The van der Waals surface area contributed by atoms with Crippen molar-refractivity contribution in [2.24, 2.45) is 12.8 Å². The lowest BCUT2D eigenvalue weighted by molar-refractivity contribution is 0.678. The predicted molar refractivity (Wildman–Crippen MR) is 67.9 cm³/mol. The Hall–Kier alpha value is -0.840. The van der Waals surface area contributed by atoms with Crippen LogP contribution in [-0.4, -0.2) is 9.78 Å². The molecule has 0 amide bonds. The number of halogens is 1. The lowest BCUT2D eigenvalue weighted by atomic mass is 10.2. The first-order chi connectivity index (χ1) is 7.63. The van der Waals surface area contributed by atoms with E-state index in [9.17, 15) is 0 Å². The van der Waals surface area contributed by atoms with Gasteiger partial charge in [0, 0.05) is 16.8 Å². The van der Waals surface area contributed by atoms with Gasteiger partial charge in [-0.1, -0.05) is 18.5 Å². The van der Waals surface area contributed by atoms with Crippen molar-refractivity contribution in [1.29, 1.82) is 0 Å². The maximum Gasteiger partial charge on any atom is 0.0837 e. The highest BCUT2D eigenvalue weighted by atomic mass is 35.5. The van der Waals surface area contributed by atoms with Crippen LogP contribution in [0.15, 0.2) is 18.3 Å². The molecule has 16 heavy (non-hydrogen) atoms. The monoisotopic (exact) mass is 255 g/mol. The summed E-state index contributed by atoms with van der Waals surface area (Å²) in [6.45, 7) is 2.14. The van der Waals surface area contributed by atoms with Crippen LogP contribution in [-0.2, 0) is 13.5 Å². The van der Waals surface area contributed by atoms with Crippen LogP contribution >= 0.6 is 22.9 Å². The van der Waals surface area contributed by atoms with Crippen LogP contribution in [0.5, 0.6) is 0 Å². The first-order valence-corrected chi connectivity index (χ1v) is 6.34. The second kappa shape index (κ2) is 4.57. The number of aryl methyl sites for hydroxylation is 2. The molecule has 2 aromatic heterocycles. The normalized spacial score (nSPS) is 13.0. The standard InChI is InChI=1S/C11H14ClN3S/c1-3-7-4-5-9(16-7)10(13)11-8(12)6-14-15(11)2/h4-6,10H,3,13H2,1-2H3. The molecule has 0 radical (unpaired) electrons. The molecular formula is C11H14ClN3S. The molecule has 3 nitrogen and oxygen atoms in total. The maximum absolute atomic E-state index is 6.20. The van der Waals surface area contributed by atoms with Crippen molar-refractivity contribution in [3.63, 3.8) is 0 Å². The van der Waals surface area contributed by atoms with Crippen molar-refractivity contribution in [3.8, 4) is 0 Å². The van der Waals surface area contributed by atoms with Gasteiger partial charge >= 0.3 is 0 Å². The Kier molecular flexibility index (Phi) is 3.33. The molecule has 2 N–H and O–H groups in total. The van der Waals surface area contributed by atoms with Crippen LogP contribution in [0.1, 0.15) is 28.4 Å². The van der Waals surface area contributed by atoms with E-state index in [0.717, 1.165) is 17.0 Å². The number of nitrogens with two attached hydrogens (primary N) is 1. The summed E-state index contributed by atoms with van der Waals surface area (Å²) < 4.78 is 1.73. The molecule has 2 aromatic rings. The Morgan fingerprint density at radius 2 is 2.31 bits per heavy atom. The van der Waals surface area contributed by atoms with Crippen molar-refractivity contribution >= 4 is 22.9 Å². The number of nitrogens with zero attached hydrogens (tertiary/aromatic N) is 2. The zero-order valence-electron chi connectivity index (χ0n) is 9.27. The van der Waals surface area contributed by atoms with Gasteiger partial charge in [-0.05, 0) is 18.6 Å². The lowest BCUT2D eigenvalue weighted by Gasteiger charge is -2.10. The number of rotatable bonds is 3. The molecule has 0 bridgehead atoms. The van der Waals surface area contributed by atoms with Gasteiger partial charge in [-0.2, -0.15) is 5.10 Å². The fraction of sp³-hybridized carbons (Fsp3) is 0.364. The van der Waals surface area contributed by atoms with Crippen molar-refractivity contribution in [3.05, 3.63) is 38.8 Å². The third kappa shape index (κ3) is 2.00. The summed E-state index contributed by atoms with van der Waals surface area (Å²) in [5, 5.41) is 4.73. The molecule has 0 aliphatic carbocycles. The first-order valence-electron chi connectivity index (χ1n) is 5.15. The van der Waals surface area contributed by atoms with Crippen molar-refractivity contribution in [2.45, 2.75) is 19.4 Å². The van der Waals surface area contributed by atoms with E-state index in [4.69, 9.17) is 17.3 Å². The number of hydrogen-bond donors (Lipinski definition) is 1. The molecule has 0 aliphatic heterocycles. The molecule has 0 fully saturated rings. The fourth-order valence-corrected chi connectivity index (χ4v) is 2.90. The SMILES string of the molecule is CCc1ccc(C(N)c2c(Cl)cnn2C)s1. The highest BCUT2D eigenvalue weighted by Crippen LogP contribution is 2.30. The van der Waals surface area contributed by atoms with Crippen LogP contribution in [0.2, 0.25) is 5.02 Å². The van der Waals surface area contributed by atoms with E-state index in [1.807, 2.05) is 7.05 Å². The van der Waals surface area contributed by atoms with Gasteiger partial charge in [-0.25, -0.2) is 0 Å². The summed E-state index contributed by atoms with van der Waals surface area (Å²) in [5.74, 6) is 0. The minimum Gasteiger partial charge on any atom is -0.318 e. The Morgan fingerprint density at radius 3 is 2.81 bits per heavy atom. The van der Waals surface area contributed by atoms with E-state index in [2.05, 4.69) is 24.2 Å². The molecule has 1 unspecified atom stereocenters. The molecule has 1 atom stereocenters. The van der Waals surface area contributed by atoms with Crippen molar-refractivity contribution in [1.82, 2.24) is 9.78 Å². The summed E-state index contributed by atoms with van der Waals surface area (Å²) in [6, 6.07) is 3.99. The number of hydrogen-bond acceptors (Lipinski definition) is 3. The minimum absolute atomic E-state index is 0.190. The summed E-state index contributed by atoms with van der Waals surface area (Å²) in [5.41, 5.74) is 7.06. The molecule has 2 heterocycles. The molecule has 0 saturated carbocycles. The van der Waals surface area contributed by atoms with Crippen LogP contribution in [0.25, 0.3) is 0 Å². The van der Waals surface area contributed by atoms with Crippen molar-refractivity contribution in [2.75, 3.05) is 0 Å². The van der Waals surface area contributed by atoms with E-state index in [-0.39, 0.29) is 6.04 Å². The van der Waals surface area contributed by atoms with Gasteiger partial charge in [0.1, 0.15) is 0 Å². The summed E-state index contributed by atoms with van der Waals surface area (Å²) in [4.78, 5) is 2.46. The molecular weight excluding hydrogens is 242 g/mol. The number of aromatic nitrogens is 2. The number of thiophene rings is 1. The first kappa shape index (κ1) is 11.6. The van der Waals surface area contributed by atoms with Crippen LogP contribution in [0, 0.1) is 0 Å². The van der Waals surface area contributed by atoms with Gasteiger partial charge in [0.15, 0.2) is 0 Å². The largest absolute Gasteiger partial charge is 0.318 e. The van der Waals surface area contributed by atoms with E-state index in [0.29, 0.717) is 5.02 Å². The zero-order valence-corrected chi connectivity index (χ0v) is 10.8. The third-order valence-corrected chi connectivity index (χ3v) is 4.17. The summed E-state index contributed by atoms with van der Waals surface area (Å²) in [6.07, 6.45) is 2.67. The Bertz CT molecular complexity index is 470. The Morgan fingerprint density at radius 1 is 1.56 bits per heavy atom. The Balaban J connectivity index is 2.34. The highest BCUT2D eigenvalue weighted by Gasteiger charge is 2.18. The van der Waals surface area contributed by atoms with Crippen LogP contribution in [0.3, 0.4) is 0 Å². The quantitative estimate of drug-likeness (QED) is 0.917. The molecule has 0 aliphatic rings. The third-order valence-electron chi connectivity index (χ3n) is 2.57. The molecule has 86 valence electrons. The molecule has 0 aromatic carbocycles. The van der Waals surface area contributed by atoms with Gasteiger partial charge in [0.25, 0.3) is 0 Å². The predicted octanol–water partition coefficient (Wildman–Crippen LogP) is 2.75. The molecule has 0 spiro atoms. The lowest BCUT2D eigenvalue weighted by Crippen LogP contribution is -2.15. The van der Waals surface area contributed by atoms with Gasteiger partial charge in [0.2, 0.25) is 0 Å². The van der Waals surface area contributed by atoms with Gasteiger partial charge in [-0.3, -0.25) is 4.68 Å². The maximum atomic E-state index is 6.20. The summed E-state index contributed by atoms with van der Waals surface area (Å²) in [7, 11) is 1.86. The Labute approximate surface area is 104 Å². The fourth-order valence-electron chi connectivity index (χ4n) is 1.66.